The number of rotatable bonds is 12. The quantitative estimate of drug-likeness (QED) is 0.436. The number of azo groups is 1. The number of nitrogens with zero attached hydrogens (tertiary/aromatic N) is 2. The standard InChI is InChI=1S/C19H22N2O6/c22-9-10-25-11-12-26-13-14-27-18-7-5-17(6-8-18)21-20-16-3-1-15(2-4-16)19(23)24/h1-8,22H,9-14H2,(H,23,24)/b21-20+. The van der Waals surface area contributed by atoms with Gasteiger partial charge in [0.05, 0.1) is 50.0 Å². The largest absolute Gasteiger partial charge is 0.491 e. The van der Waals surface area contributed by atoms with Gasteiger partial charge in [-0.05, 0) is 48.5 Å². The maximum Gasteiger partial charge on any atom is 0.335 e. The maximum absolute atomic E-state index is 10.8. The van der Waals surface area contributed by atoms with Crippen molar-refractivity contribution in [2.24, 2.45) is 10.2 Å². The van der Waals surface area contributed by atoms with E-state index in [1.807, 2.05) is 0 Å². The number of ether oxygens (including phenoxy) is 3. The highest BCUT2D eigenvalue weighted by molar-refractivity contribution is 5.87. The van der Waals surface area contributed by atoms with Gasteiger partial charge in [-0.3, -0.25) is 0 Å². The number of hydrogen-bond donors (Lipinski definition) is 2. The predicted octanol–water partition coefficient (Wildman–Crippen LogP) is 3.20. The fourth-order valence-electron chi connectivity index (χ4n) is 2.00. The Bertz CT molecular complexity index is 716. The average Bonchev–Trinajstić information content (AvgIpc) is 2.69. The molecule has 0 amide bonds. The summed E-state index contributed by atoms with van der Waals surface area (Å²) < 4.78 is 16.0. The Balaban J connectivity index is 1.70. The van der Waals surface area contributed by atoms with Gasteiger partial charge < -0.3 is 24.4 Å². The van der Waals surface area contributed by atoms with Gasteiger partial charge in [-0.25, -0.2) is 4.79 Å². The van der Waals surface area contributed by atoms with Crippen molar-refractivity contribution < 1.29 is 29.2 Å². The summed E-state index contributed by atoms with van der Waals surface area (Å²) in [6.07, 6.45) is 0. The van der Waals surface area contributed by atoms with Crippen LogP contribution in [0, 0.1) is 0 Å². The number of aliphatic hydroxyl groups excluding tert-OH is 1. The highest BCUT2D eigenvalue weighted by Gasteiger charge is 2.01. The van der Waals surface area contributed by atoms with Crippen LogP contribution in [-0.2, 0) is 9.47 Å². The van der Waals surface area contributed by atoms with Gasteiger partial charge in [-0.1, -0.05) is 0 Å². The first-order valence-electron chi connectivity index (χ1n) is 8.43. The molecular weight excluding hydrogens is 352 g/mol. The monoisotopic (exact) mass is 374 g/mol. The SMILES string of the molecule is O=C(O)c1ccc(/N=N/c2ccc(OCCOCCOCCO)cc2)cc1. The Labute approximate surface area is 157 Å². The van der Waals surface area contributed by atoms with E-state index in [1.165, 1.54) is 12.1 Å². The molecule has 8 nitrogen and oxygen atoms in total. The van der Waals surface area contributed by atoms with Crippen molar-refractivity contribution in [2.45, 2.75) is 0 Å². The first-order chi connectivity index (χ1) is 13.2. The minimum absolute atomic E-state index is 0.00960. The van der Waals surface area contributed by atoms with Gasteiger partial charge >= 0.3 is 5.97 Å². The Kier molecular flexibility index (Phi) is 8.91. The maximum atomic E-state index is 10.8. The van der Waals surface area contributed by atoms with E-state index in [-0.39, 0.29) is 12.2 Å². The highest BCUT2D eigenvalue weighted by Crippen LogP contribution is 2.21. The van der Waals surface area contributed by atoms with Crippen LogP contribution >= 0.6 is 0 Å². The number of benzene rings is 2. The van der Waals surface area contributed by atoms with Crippen LogP contribution in [0.1, 0.15) is 10.4 Å². The molecule has 2 rings (SSSR count). The minimum atomic E-state index is -0.977. The van der Waals surface area contributed by atoms with Crippen LogP contribution in [-0.4, -0.2) is 55.8 Å². The molecule has 0 bridgehead atoms. The third kappa shape index (κ3) is 7.95. The molecule has 0 unspecified atom stereocenters. The number of carbonyl (C=O) groups is 1. The van der Waals surface area contributed by atoms with Crippen molar-refractivity contribution in [1.29, 1.82) is 0 Å². The van der Waals surface area contributed by atoms with Crippen molar-refractivity contribution in [3.05, 3.63) is 54.1 Å². The van der Waals surface area contributed by atoms with E-state index in [4.69, 9.17) is 24.4 Å². The molecule has 0 aliphatic carbocycles. The van der Waals surface area contributed by atoms with E-state index >= 15 is 0 Å². The Hall–Kier alpha value is -2.81. The number of carboxylic acids is 1. The molecule has 2 aromatic carbocycles. The second-order valence-corrected chi connectivity index (χ2v) is 5.34. The van der Waals surface area contributed by atoms with Crippen LogP contribution in [0.25, 0.3) is 0 Å². The number of aromatic carboxylic acids is 1. The molecule has 0 saturated carbocycles. The van der Waals surface area contributed by atoms with Crippen molar-refractivity contribution >= 4 is 17.3 Å². The molecule has 0 aromatic heterocycles. The van der Waals surface area contributed by atoms with E-state index < -0.39 is 5.97 Å². The first kappa shape index (κ1) is 20.5. The molecule has 0 heterocycles. The molecule has 2 aromatic rings. The lowest BCUT2D eigenvalue weighted by molar-refractivity contribution is 0.0247. The van der Waals surface area contributed by atoms with E-state index in [0.717, 1.165) is 0 Å². The smallest absolute Gasteiger partial charge is 0.335 e. The molecule has 0 aliphatic heterocycles. The second kappa shape index (κ2) is 11.7. The number of carboxylic acid groups (broad SMARTS) is 1. The van der Waals surface area contributed by atoms with Crippen LogP contribution in [0.4, 0.5) is 11.4 Å². The predicted molar refractivity (Wildman–Crippen MR) is 98.2 cm³/mol. The molecule has 8 heteroatoms. The van der Waals surface area contributed by atoms with Crippen LogP contribution in [0.15, 0.2) is 58.8 Å². The van der Waals surface area contributed by atoms with Crippen molar-refractivity contribution in [1.82, 2.24) is 0 Å². The number of hydrogen-bond acceptors (Lipinski definition) is 7. The van der Waals surface area contributed by atoms with E-state index in [0.29, 0.717) is 50.2 Å². The van der Waals surface area contributed by atoms with E-state index in [1.54, 1.807) is 36.4 Å². The summed E-state index contributed by atoms with van der Waals surface area (Å²) in [5, 5.41) is 25.6. The summed E-state index contributed by atoms with van der Waals surface area (Å²) in [5.41, 5.74) is 1.43. The van der Waals surface area contributed by atoms with E-state index in [9.17, 15) is 4.79 Å². The summed E-state index contributed by atoms with van der Waals surface area (Å²) in [6, 6.07) is 13.3. The van der Waals surface area contributed by atoms with Crippen LogP contribution in [0.3, 0.4) is 0 Å². The van der Waals surface area contributed by atoms with E-state index in [2.05, 4.69) is 10.2 Å². The van der Waals surface area contributed by atoms with Crippen molar-refractivity contribution in [2.75, 3.05) is 39.6 Å². The Morgan fingerprint density at radius 1 is 0.778 bits per heavy atom. The van der Waals surface area contributed by atoms with Crippen LogP contribution in [0.2, 0.25) is 0 Å². The Morgan fingerprint density at radius 3 is 1.85 bits per heavy atom. The second-order valence-electron chi connectivity index (χ2n) is 5.34. The molecule has 0 fully saturated rings. The lowest BCUT2D eigenvalue weighted by Crippen LogP contribution is -2.11. The molecule has 0 atom stereocenters. The van der Waals surface area contributed by atoms with Crippen molar-refractivity contribution in [3.63, 3.8) is 0 Å². The van der Waals surface area contributed by atoms with Crippen LogP contribution in [0.5, 0.6) is 5.75 Å². The fraction of sp³-hybridized carbons (Fsp3) is 0.316. The average molecular weight is 374 g/mol. The van der Waals surface area contributed by atoms with Gasteiger partial charge in [0.15, 0.2) is 0 Å². The number of aliphatic hydroxyl groups is 1. The third-order valence-corrected chi connectivity index (χ3v) is 3.34. The molecule has 0 aliphatic rings. The first-order valence-corrected chi connectivity index (χ1v) is 8.43. The summed E-state index contributed by atoms with van der Waals surface area (Å²) in [4.78, 5) is 10.8. The summed E-state index contributed by atoms with van der Waals surface area (Å²) in [5.74, 6) is -0.283. The molecular formula is C19H22N2O6. The van der Waals surface area contributed by atoms with Gasteiger partial charge in [-0.2, -0.15) is 10.2 Å². The zero-order chi connectivity index (χ0) is 19.3. The molecule has 0 spiro atoms. The summed E-state index contributed by atoms with van der Waals surface area (Å²) in [7, 11) is 0. The zero-order valence-electron chi connectivity index (χ0n) is 14.8. The topological polar surface area (TPSA) is 110 Å². The van der Waals surface area contributed by atoms with Gasteiger partial charge in [-0.15, -0.1) is 0 Å². The van der Waals surface area contributed by atoms with Gasteiger partial charge in [0, 0.05) is 0 Å². The molecule has 144 valence electrons. The van der Waals surface area contributed by atoms with Gasteiger partial charge in [0.2, 0.25) is 0 Å². The molecule has 0 radical (unpaired) electrons. The van der Waals surface area contributed by atoms with Crippen LogP contribution < -0.4 is 4.74 Å². The van der Waals surface area contributed by atoms with Crippen molar-refractivity contribution in [3.8, 4) is 5.75 Å². The normalized spacial score (nSPS) is 11.0. The molecule has 27 heavy (non-hydrogen) atoms. The van der Waals surface area contributed by atoms with Gasteiger partial charge in [0.25, 0.3) is 0 Å². The van der Waals surface area contributed by atoms with Gasteiger partial charge in [0.1, 0.15) is 12.4 Å². The lowest BCUT2D eigenvalue weighted by Gasteiger charge is -2.07. The Morgan fingerprint density at radius 2 is 1.30 bits per heavy atom. The lowest BCUT2D eigenvalue weighted by atomic mass is 10.2. The molecule has 2 N–H and O–H groups in total. The minimum Gasteiger partial charge on any atom is -0.491 e. The molecule has 0 saturated heterocycles. The summed E-state index contributed by atoms with van der Waals surface area (Å²) in [6.45, 7) is 2.08. The summed E-state index contributed by atoms with van der Waals surface area (Å²) >= 11 is 0. The fourth-order valence-corrected chi connectivity index (χ4v) is 2.00. The highest BCUT2D eigenvalue weighted by atomic mass is 16.5. The zero-order valence-corrected chi connectivity index (χ0v) is 14.8. The third-order valence-electron chi connectivity index (χ3n) is 3.34.